The number of carbonyl (C=O) groups is 3. The lowest BCUT2D eigenvalue weighted by molar-refractivity contribution is -0.384. The van der Waals surface area contributed by atoms with Crippen LogP contribution in [0.5, 0.6) is 5.75 Å². The lowest BCUT2D eigenvalue weighted by Gasteiger charge is -2.28. The number of hydrogen-bond acceptors (Lipinski definition) is 7. The number of fused-ring (bicyclic) bond motifs is 1. The molecule has 0 saturated heterocycles. The van der Waals surface area contributed by atoms with Gasteiger partial charge in [-0.05, 0) is 36.8 Å². The van der Waals surface area contributed by atoms with Crippen molar-refractivity contribution in [1.82, 2.24) is 0 Å². The van der Waals surface area contributed by atoms with Gasteiger partial charge in [-0.1, -0.05) is 12.1 Å². The number of hydrogen-bond donors (Lipinski definition) is 1. The van der Waals surface area contributed by atoms with Crippen LogP contribution >= 0.6 is 0 Å². The van der Waals surface area contributed by atoms with Gasteiger partial charge in [0.05, 0.1) is 17.2 Å². The first kappa shape index (κ1) is 21.5. The fraction of sp³-hybridized carbons (Fsp3) is 0.190. The van der Waals surface area contributed by atoms with E-state index in [0.717, 1.165) is 10.5 Å². The van der Waals surface area contributed by atoms with Gasteiger partial charge in [0, 0.05) is 23.9 Å². The number of amides is 2. The molecule has 2 amide bonds. The minimum atomic E-state index is -0.588. The van der Waals surface area contributed by atoms with Gasteiger partial charge in [-0.2, -0.15) is 0 Å². The molecule has 0 saturated carbocycles. The van der Waals surface area contributed by atoms with Crippen LogP contribution in [0.15, 0.2) is 48.5 Å². The third-order valence-corrected chi connectivity index (χ3v) is 4.29. The standard InChI is InChI=1S/C21H19N3O7/c1-2-30-21(27)10-5-14-3-6-15(7-4-14)22-19(25)12-23-17-11-16(24(28)29)8-9-18(17)31-13-20(23)26/h3-11H,2,12-13H2,1H3,(H,22,25)/b10-5+. The Hall–Kier alpha value is -4.21. The Labute approximate surface area is 177 Å². The van der Waals surface area contributed by atoms with E-state index >= 15 is 0 Å². The van der Waals surface area contributed by atoms with Gasteiger partial charge < -0.3 is 14.8 Å². The molecule has 1 aliphatic heterocycles. The average molecular weight is 425 g/mol. The summed E-state index contributed by atoms with van der Waals surface area (Å²) < 4.78 is 10.1. The number of non-ortho nitro benzene ring substituents is 1. The number of anilines is 2. The van der Waals surface area contributed by atoms with Gasteiger partial charge >= 0.3 is 5.97 Å². The molecule has 0 aromatic heterocycles. The Bertz CT molecular complexity index is 1050. The van der Waals surface area contributed by atoms with Gasteiger partial charge in [0.1, 0.15) is 12.3 Å². The van der Waals surface area contributed by atoms with Crippen LogP contribution in [0.2, 0.25) is 0 Å². The molecule has 0 fully saturated rings. The van der Waals surface area contributed by atoms with Crippen molar-refractivity contribution in [3.8, 4) is 5.75 Å². The topological polar surface area (TPSA) is 128 Å². The van der Waals surface area contributed by atoms with Gasteiger partial charge in [-0.25, -0.2) is 4.79 Å². The van der Waals surface area contributed by atoms with E-state index in [-0.39, 0.29) is 36.9 Å². The van der Waals surface area contributed by atoms with Crippen molar-refractivity contribution in [3.63, 3.8) is 0 Å². The molecule has 0 bridgehead atoms. The van der Waals surface area contributed by atoms with Crippen LogP contribution in [0.1, 0.15) is 12.5 Å². The Balaban J connectivity index is 1.67. The number of nitro benzene ring substituents is 1. The first-order valence-electron chi connectivity index (χ1n) is 9.33. The molecule has 10 nitrogen and oxygen atoms in total. The number of nitro groups is 1. The molecule has 2 aromatic carbocycles. The smallest absolute Gasteiger partial charge is 0.330 e. The molecule has 2 aromatic rings. The Kier molecular flexibility index (Phi) is 6.61. The Morgan fingerprint density at radius 3 is 2.68 bits per heavy atom. The summed E-state index contributed by atoms with van der Waals surface area (Å²) >= 11 is 0. The molecule has 1 N–H and O–H groups in total. The molecule has 0 spiro atoms. The van der Waals surface area contributed by atoms with Gasteiger partial charge in [0.25, 0.3) is 11.6 Å². The zero-order valence-corrected chi connectivity index (χ0v) is 16.6. The van der Waals surface area contributed by atoms with E-state index < -0.39 is 22.7 Å². The highest BCUT2D eigenvalue weighted by molar-refractivity contribution is 6.05. The first-order chi connectivity index (χ1) is 14.9. The molecule has 0 atom stereocenters. The highest BCUT2D eigenvalue weighted by Gasteiger charge is 2.29. The van der Waals surface area contributed by atoms with E-state index in [1.807, 2.05) is 0 Å². The van der Waals surface area contributed by atoms with Gasteiger partial charge in [-0.3, -0.25) is 24.6 Å². The molecule has 160 valence electrons. The zero-order chi connectivity index (χ0) is 22.4. The van der Waals surface area contributed by atoms with Crippen molar-refractivity contribution < 1.29 is 28.8 Å². The van der Waals surface area contributed by atoms with Gasteiger partial charge in [0.15, 0.2) is 6.61 Å². The summed E-state index contributed by atoms with van der Waals surface area (Å²) in [7, 11) is 0. The van der Waals surface area contributed by atoms with Crippen molar-refractivity contribution >= 4 is 40.9 Å². The number of carbonyl (C=O) groups excluding carboxylic acids is 3. The predicted molar refractivity (Wildman–Crippen MR) is 112 cm³/mol. The van der Waals surface area contributed by atoms with Gasteiger partial charge in [0.2, 0.25) is 5.91 Å². The number of rotatable bonds is 7. The minimum Gasteiger partial charge on any atom is -0.482 e. The first-order valence-corrected chi connectivity index (χ1v) is 9.33. The molecule has 0 aliphatic carbocycles. The van der Waals surface area contributed by atoms with Crippen LogP contribution in [0.3, 0.4) is 0 Å². The van der Waals surface area contributed by atoms with Crippen molar-refractivity contribution in [2.75, 3.05) is 30.0 Å². The van der Waals surface area contributed by atoms with E-state index in [0.29, 0.717) is 5.69 Å². The monoisotopic (exact) mass is 425 g/mol. The SMILES string of the molecule is CCOC(=O)/C=C/c1ccc(NC(=O)CN2C(=O)COc3ccc([N+](=O)[O-])cc32)cc1. The molecule has 3 rings (SSSR count). The Morgan fingerprint density at radius 1 is 1.26 bits per heavy atom. The fourth-order valence-corrected chi connectivity index (χ4v) is 2.85. The lowest BCUT2D eigenvalue weighted by atomic mass is 10.2. The fourth-order valence-electron chi connectivity index (χ4n) is 2.85. The second-order valence-electron chi connectivity index (χ2n) is 6.43. The normalized spacial score (nSPS) is 12.8. The minimum absolute atomic E-state index is 0.167. The summed E-state index contributed by atoms with van der Waals surface area (Å²) in [6.45, 7) is 1.41. The van der Waals surface area contributed by atoms with E-state index in [1.54, 1.807) is 37.3 Å². The highest BCUT2D eigenvalue weighted by Crippen LogP contribution is 2.35. The molecule has 1 aliphatic rings. The van der Waals surface area contributed by atoms with Crippen molar-refractivity contribution in [2.45, 2.75) is 6.92 Å². The summed E-state index contributed by atoms with van der Waals surface area (Å²) in [5.41, 5.74) is 1.17. The van der Waals surface area contributed by atoms with E-state index in [2.05, 4.69) is 5.32 Å². The highest BCUT2D eigenvalue weighted by atomic mass is 16.6. The number of nitrogens with zero attached hydrogens (tertiary/aromatic N) is 2. The summed E-state index contributed by atoms with van der Waals surface area (Å²) in [6, 6.07) is 10.5. The molecule has 0 radical (unpaired) electrons. The second kappa shape index (κ2) is 9.53. The van der Waals surface area contributed by atoms with Crippen molar-refractivity contribution in [1.29, 1.82) is 0 Å². The van der Waals surface area contributed by atoms with E-state index in [1.165, 1.54) is 24.3 Å². The largest absolute Gasteiger partial charge is 0.482 e. The maximum Gasteiger partial charge on any atom is 0.330 e. The maximum atomic E-state index is 12.5. The van der Waals surface area contributed by atoms with Crippen molar-refractivity contribution in [3.05, 3.63) is 64.2 Å². The molecule has 10 heteroatoms. The van der Waals surface area contributed by atoms with E-state index in [9.17, 15) is 24.5 Å². The maximum absolute atomic E-state index is 12.5. The van der Waals surface area contributed by atoms with Crippen LogP contribution in [0.25, 0.3) is 6.08 Å². The summed E-state index contributed by atoms with van der Waals surface area (Å²) in [4.78, 5) is 47.7. The van der Waals surface area contributed by atoms with Crippen molar-refractivity contribution in [2.24, 2.45) is 0 Å². The summed E-state index contributed by atoms with van der Waals surface area (Å²) in [5, 5.41) is 13.7. The Morgan fingerprint density at radius 2 is 2.00 bits per heavy atom. The molecular formula is C21H19N3O7. The van der Waals surface area contributed by atoms with Gasteiger partial charge in [-0.15, -0.1) is 0 Å². The third-order valence-electron chi connectivity index (χ3n) is 4.29. The van der Waals surface area contributed by atoms with Crippen LogP contribution in [0, 0.1) is 10.1 Å². The third kappa shape index (κ3) is 5.44. The van der Waals surface area contributed by atoms with Crippen LogP contribution in [0.4, 0.5) is 17.1 Å². The number of ether oxygens (including phenoxy) is 2. The van der Waals surface area contributed by atoms with Crippen LogP contribution in [-0.4, -0.2) is 42.5 Å². The van der Waals surface area contributed by atoms with Crippen LogP contribution in [-0.2, 0) is 19.1 Å². The second-order valence-corrected chi connectivity index (χ2v) is 6.43. The number of esters is 1. The summed E-state index contributed by atoms with van der Waals surface area (Å²) in [6.07, 6.45) is 2.89. The summed E-state index contributed by atoms with van der Waals surface area (Å²) in [5.74, 6) is -1.13. The molecule has 1 heterocycles. The molecule has 0 unspecified atom stereocenters. The molecule has 31 heavy (non-hydrogen) atoms. The molecular weight excluding hydrogens is 406 g/mol. The zero-order valence-electron chi connectivity index (χ0n) is 16.6. The lowest BCUT2D eigenvalue weighted by Crippen LogP contribution is -2.43. The van der Waals surface area contributed by atoms with Crippen LogP contribution < -0.4 is 15.0 Å². The predicted octanol–water partition coefficient (Wildman–Crippen LogP) is 2.54. The quantitative estimate of drug-likeness (QED) is 0.312. The number of nitrogens with one attached hydrogen (secondary N) is 1. The van der Waals surface area contributed by atoms with E-state index in [4.69, 9.17) is 9.47 Å². The number of benzene rings is 2. The average Bonchev–Trinajstić information content (AvgIpc) is 2.75.